The molecule has 0 saturated carbocycles. The first kappa shape index (κ1) is 28.2. The van der Waals surface area contributed by atoms with Crippen molar-refractivity contribution in [3.05, 3.63) is 78.4 Å². The Morgan fingerprint density at radius 3 is 1.23 bits per heavy atom. The third-order valence-corrected chi connectivity index (χ3v) is 5.55. The Balaban J connectivity index is 0.00000138. The van der Waals surface area contributed by atoms with Gasteiger partial charge in [0.05, 0.1) is 16.9 Å². The molecule has 0 atom stereocenters. The fraction of sp³-hybridized carbons (Fsp3) is 0.308. The Labute approximate surface area is 188 Å². The summed E-state index contributed by atoms with van der Waals surface area (Å²) in [6.45, 7) is 14.0. The van der Waals surface area contributed by atoms with Crippen molar-refractivity contribution in [1.82, 2.24) is 0 Å². The zero-order valence-corrected chi connectivity index (χ0v) is 20.8. The molecule has 0 unspecified atom stereocenters. The molecule has 0 N–H and O–H groups in total. The third kappa shape index (κ3) is 8.46. The SMILES string of the molecule is CC.CC.CC.COc1ccc(S(=O)(=O)c2ccc(Oc3ccc(C)cc3)cc2)cc1. The zero-order chi connectivity index (χ0) is 23.9. The van der Waals surface area contributed by atoms with E-state index >= 15 is 0 Å². The van der Waals surface area contributed by atoms with Gasteiger partial charge in [-0.25, -0.2) is 8.42 Å². The Hall–Kier alpha value is -2.79. The average Bonchev–Trinajstić information content (AvgIpc) is 2.85. The maximum atomic E-state index is 12.7. The van der Waals surface area contributed by atoms with Crippen LogP contribution in [0.25, 0.3) is 0 Å². The van der Waals surface area contributed by atoms with Crippen LogP contribution < -0.4 is 9.47 Å². The van der Waals surface area contributed by atoms with Gasteiger partial charge >= 0.3 is 0 Å². The van der Waals surface area contributed by atoms with E-state index in [9.17, 15) is 8.42 Å². The van der Waals surface area contributed by atoms with Gasteiger partial charge in [-0.1, -0.05) is 59.2 Å². The van der Waals surface area contributed by atoms with Crippen molar-refractivity contribution in [2.75, 3.05) is 7.11 Å². The maximum absolute atomic E-state index is 12.7. The van der Waals surface area contributed by atoms with Crippen LogP contribution in [-0.2, 0) is 9.84 Å². The van der Waals surface area contributed by atoms with Crippen molar-refractivity contribution in [3.63, 3.8) is 0 Å². The first-order chi connectivity index (χ1) is 15.0. The fourth-order valence-corrected chi connectivity index (χ4v) is 3.58. The largest absolute Gasteiger partial charge is 0.497 e. The van der Waals surface area contributed by atoms with Crippen LogP contribution in [0.15, 0.2) is 82.6 Å². The highest BCUT2D eigenvalue weighted by Crippen LogP contribution is 2.27. The van der Waals surface area contributed by atoms with Gasteiger partial charge in [-0.3, -0.25) is 0 Å². The Morgan fingerprint density at radius 2 is 0.871 bits per heavy atom. The lowest BCUT2D eigenvalue weighted by Crippen LogP contribution is -2.01. The van der Waals surface area contributed by atoms with Crippen LogP contribution in [0.4, 0.5) is 0 Å². The lowest BCUT2D eigenvalue weighted by molar-refractivity contribution is 0.414. The molecule has 3 aromatic carbocycles. The Bertz CT molecular complexity index is 944. The highest BCUT2D eigenvalue weighted by atomic mass is 32.2. The highest BCUT2D eigenvalue weighted by molar-refractivity contribution is 7.91. The van der Waals surface area contributed by atoms with E-state index in [0.717, 1.165) is 5.56 Å². The van der Waals surface area contributed by atoms with Crippen LogP contribution in [0.3, 0.4) is 0 Å². The number of hydrogen-bond acceptors (Lipinski definition) is 4. The van der Waals surface area contributed by atoms with Crippen molar-refractivity contribution in [2.24, 2.45) is 0 Å². The molecule has 170 valence electrons. The Kier molecular flexibility index (Phi) is 13.7. The summed E-state index contributed by atoms with van der Waals surface area (Å²) < 4.78 is 36.1. The summed E-state index contributed by atoms with van der Waals surface area (Å²) in [7, 11) is -2.03. The van der Waals surface area contributed by atoms with E-state index in [1.807, 2.05) is 72.7 Å². The molecule has 0 bridgehead atoms. The highest BCUT2D eigenvalue weighted by Gasteiger charge is 2.17. The fourth-order valence-electron chi connectivity index (χ4n) is 2.32. The van der Waals surface area contributed by atoms with Crippen LogP contribution in [0.1, 0.15) is 47.1 Å². The van der Waals surface area contributed by atoms with Crippen LogP contribution in [-0.4, -0.2) is 15.5 Å². The molecule has 4 nitrogen and oxygen atoms in total. The van der Waals surface area contributed by atoms with Gasteiger partial charge in [-0.2, -0.15) is 0 Å². The zero-order valence-electron chi connectivity index (χ0n) is 20.0. The number of methoxy groups -OCH3 is 1. The van der Waals surface area contributed by atoms with E-state index < -0.39 is 9.84 Å². The summed E-state index contributed by atoms with van der Waals surface area (Å²) in [4.78, 5) is 0.439. The van der Waals surface area contributed by atoms with E-state index in [0.29, 0.717) is 17.2 Å². The first-order valence-corrected chi connectivity index (χ1v) is 12.2. The minimum atomic E-state index is -3.57. The molecule has 0 aliphatic heterocycles. The smallest absolute Gasteiger partial charge is 0.206 e. The second-order valence-electron chi connectivity index (χ2n) is 5.57. The van der Waals surface area contributed by atoms with Gasteiger partial charge < -0.3 is 9.47 Å². The summed E-state index contributed by atoms with van der Waals surface area (Å²) in [5.41, 5.74) is 1.15. The van der Waals surface area contributed by atoms with Crippen LogP contribution >= 0.6 is 0 Å². The van der Waals surface area contributed by atoms with Gasteiger partial charge in [0, 0.05) is 0 Å². The summed E-state index contributed by atoms with van der Waals surface area (Å²) >= 11 is 0. The number of sulfone groups is 1. The first-order valence-electron chi connectivity index (χ1n) is 10.7. The Morgan fingerprint density at radius 1 is 0.548 bits per heavy atom. The van der Waals surface area contributed by atoms with E-state index in [4.69, 9.17) is 9.47 Å². The summed E-state index contributed by atoms with van der Waals surface area (Å²) in [6.07, 6.45) is 0. The molecule has 0 aliphatic rings. The summed E-state index contributed by atoms with van der Waals surface area (Å²) in [5.74, 6) is 1.90. The molecular formula is C26H36O4S. The molecule has 3 rings (SSSR count). The topological polar surface area (TPSA) is 52.6 Å². The van der Waals surface area contributed by atoms with Gasteiger partial charge in [0.1, 0.15) is 17.2 Å². The predicted molar refractivity (Wildman–Crippen MR) is 130 cm³/mol. The van der Waals surface area contributed by atoms with Gasteiger partial charge in [0.15, 0.2) is 0 Å². The molecule has 0 aromatic heterocycles. The summed E-state index contributed by atoms with van der Waals surface area (Å²) in [5, 5.41) is 0. The number of benzene rings is 3. The molecule has 0 aliphatic carbocycles. The molecule has 0 radical (unpaired) electrons. The van der Waals surface area contributed by atoms with Crippen molar-refractivity contribution >= 4 is 9.84 Å². The maximum Gasteiger partial charge on any atom is 0.206 e. The monoisotopic (exact) mass is 444 g/mol. The van der Waals surface area contributed by atoms with E-state index in [1.165, 1.54) is 19.2 Å². The molecule has 0 saturated heterocycles. The second kappa shape index (κ2) is 15.1. The molecule has 0 amide bonds. The summed E-state index contributed by atoms with van der Waals surface area (Å²) in [6, 6.07) is 20.4. The van der Waals surface area contributed by atoms with Crippen molar-refractivity contribution in [1.29, 1.82) is 0 Å². The van der Waals surface area contributed by atoms with E-state index in [2.05, 4.69) is 0 Å². The number of rotatable bonds is 5. The molecular weight excluding hydrogens is 408 g/mol. The van der Waals surface area contributed by atoms with Gasteiger partial charge in [0.25, 0.3) is 0 Å². The average molecular weight is 445 g/mol. The van der Waals surface area contributed by atoms with Gasteiger partial charge in [-0.15, -0.1) is 0 Å². The van der Waals surface area contributed by atoms with Gasteiger partial charge in [-0.05, 0) is 67.6 Å². The molecule has 0 fully saturated rings. The molecule has 0 heterocycles. The van der Waals surface area contributed by atoms with Crippen LogP contribution in [0, 0.1) is 6.92 Å². The minimum absolute atomic E-state index is 0.217. The standard InChI is InChI=1S/C20H18O4S.3C2H6/c1-15-3-5-17(6-4-15)24-18-9-13-20(14-10-18)25(21,22)19-11-7-16(23-2)8-12-19;3*1-2/h3-14H,1-2H3;3*1-2H3. The van der Waals surface area contributed by atoms with Crippen LogP contribution in [0.2, 0.25) is 0 Å². The van der Waals surface area contributed by atoms with Crippen molar-refractivity contribution in [3.8, 4) is 17.2 Å². The number of aryl methyl sites for hydroxylation is 1. The van der Waals surface area contributed by atoms with Crippen molar-refractivity contribution < 1.29 is 17.9 Å². The molecule has 3 aromatic rings. The van der Waals surface area contributed by atoms with Crippen molar-refractivity contribution in [2.45, 2.75) is 58.3 Å². The quantitative estimate of drug-likeness (QED) is 0.404. The number of hydrogen-bond donors (Lipinski definition) is 0. The lowest BCUT2D eigenvalue weighted by Gasteiger charge is -2.08. The molecule has 0 spiro atoms. The van der Waals surface area contributed by atoms with Crippen LogP contribution in [0.5, 0.6) is 17.2 Å². The third-order valence-electron chi connectivity index (χ3n) is 3.76. The lowest BCUT2D eigenvalue weighted by atomic mass is 10.2. The predicted octanol–water partition coefficient (Wildman–Crippen LogP) is 7.71. The minimum Gasteiger partial charge on any atom is -0.497 e. The van der Waals surface area contributed by atoms with E-state index in [-0.39, 0.29) is 9.79 Å². The molecule has 31 heavy (non-hydrogen) atoms. The second-order valence-corrected chi connectivity index (χ2v) is 7.52. The normalized spacial score (nSPS) is 9.55. The van der Waals surface area contributed by atoms with E-state index in [1.54, 1.807) is 36.4 Å². The number of ether oxygens (including phenoxy) is 2. The molecule has 5 heteroatoms. The van der Waals surface area contributed by atoms with Gasteiger partial charge in [0.2, 0.25) is 9.84 Å².